The van der Waals surface area contributed by atoms with Crippen molar-refractivity contribution in [1.29, 1.82) is 0 Å². The third-order valence-electron chi connectivity index (χ3n) is 2.95. The van der Waals surface area contributed by atoms with Gasteiger partial charge in [-0.15, -0.1) is 0 Å². The van der Waals surface area contributed by atoms with Crippen LogP contribution in [0.25, 0.3) is 0 Å². The first kappa shape index (κ1) is 20.6. The van der Waals surface area contributed by atoms with Crippen LogP contribution in [0.1, 0.15) is 51.9 Å². The second-order valence-corrected chi connectivity index (χ2v) is 5.00. The van der Waals surface area contributed by atoms with Crippen molar-refractivity contribution in [3.8, 4) is 0 Å². The predicted octanol–water partition coefficient (Wildman–Crippen LogP) is 1.73. The van der Waals surface area contributed by atoms with Crippen molar-refractivity contribution in [1.82, 2.24) is 0 Å². The number of hydrogen-bond donors (Lipinski definition) is 2. The Morgan fingerprint density at radius 3 is 2.45 bits per heavy atom. The Labute approximate surface area is 132 Å². The second kappa shape index (κ2) is 14.5. The van der Waals surface area contributed by atoms with Gasteiger partial charge in [-0.2, -0.15) is 0 Å². The van der Waals surface area contributed by atoms with Crippen molar-refractivity contribution in [3.63, 3.8) is 0 Å². The molecule has 0 heterocycles. The van der Waals surface area contributed by atoms with Crippen LogP contribution in [0.3, 0.4) is 0 Å². The highest BCUT2D eigenvalue weighted by atomic mass is 16.5. The standard InChI is InChI=1S/C16H28O6/c1-2-15(19)21-11-9-7-5-3-4-6-8-10-16(20)22-13-14(18)12-17/h8,10,14,17-18H,2-7,9,11-13H2,1H3/b10-8+. The Morgan fingerprint density at radius 2 is 1.77 bits per heavy atom. The van der Waals surface area contributed by atoms with E-state index in [2.05, 4.69) is 0 Å². The zero-order chi connectivity index (χ0) is 16.6. The summed E-state index contributed by atoms with van der Waals surface area (Å²) in [5.74, 6) is -0.659. The summed E-state index contributed by atoms with van der Waals surface area (Å²) in [5, 5.41) is 17.6. The average Bonchev–Trinajstić information content (AvgIpc) is 2.53. The Bertz CT molecular complexity index is 327. The molecule has 128 valence electrons. The van der Waals surface area contributed by atoms with E-state index < -0.39 is 18.7 Å². The first-order chi connectivity index (χ1) is 10.6. The number of aliphatic hydroxyl groups excluding tert-OH is 2. The molecule has 0 amide bonds. The summed E-state index contributed by atoms with van der Waals surface area (Å²) in [5.41, 5.74) is 0. The van der Waals surface area contributed by atoms with Crippen molar-refractivity contribution < 1.29 is 29.3 Å². The summed E-state index contributed by atoms with van der Waals surface area (Å²) in [7, 11) is 0. The lowest BCUT2D eigenvalue weighted by Gasteiger charge is -2.06. The fraction of sp³-hybridized carbons (Fsp3) is 0.750. The molecule has 1 atom stereocenters. The van der Waals surface area contributed by atoms with Gasteiger partial charge in [0, 0.05) is 12.5 Å². The molecule has 0 saturated carbocycles. The number of rotatable bonds is 13. The zero-order valence-electron chi connectivity index (χ0n) is 13.3. The van der Waals surface area contributed by atoms with E-state index in [9.17, 15) is 9.59 Å². The van der Waals surface area contributed by atoms with Gasteiger partial charge in [0.25, 0.3) is 0 Å². The summed E-state index contributed by atoms with van der Waals surface area (Å²) in [6.45, 7) is 1.66. The van der Waals surface area contributed by atoms with E-state index in [1.807, 2.05) is 0 Å². The number of unbranched alkanes of at least 4 members (excludes halogenated alkanes) is 5. The summed E-state index contributed by atoms with van der Waals surface area (Å²) in [6.07, 6.45) is 8.32. The van der Waals surface area contributed by atoms with Gasteiger partial charge in [-0.05, 0) is 19.3 Å². The minimum Gasteiger partial charge on any atom is -0.466 e. The number of carbonyl (C=O) groups is 2. The van der Waals surface area contributed by atoms with Gasteiger partial charge in [-0.1, -0.05) is 32.3 Å². The molecule has 6 heteroatoms. The monoisotopic (exact) mass is 316 g/mol. The summed E-state index contributed by atoms with van der Waals surface area (Å²) in [4.78, 5) is 22.1. The molecule has 0 radical (unpaired) electrons. The second-order valence-electron chi connectivity index (χ2n) is 5.00. The third-order valence-corrected chi connectivity index (χ3v) is 2.95. The maximum Gasteiger partial charge on any atom is 0.330 e. The number of ether oxygens (including phenoxy) is 2. The summed E-state index contributed by atoms with van der Waals surface area (Å²) < 4.78 is 9.69. The quantitative estimate of drug-likeness (QED) is 0.305. The first-order valence-electron chi connectivity index (χ1n) is 7.88. The molecular formula is C16H28O6. The molecule has 22 heavy (non-hydrogen) atoms. The smallest absolute Gasteiger partial charge is 0.330 e. The number of allylic oxidation sites excluding steroid dienone is 1. The third kappa shape index (κ3) is 13.6. The summed E-state index contributed by atoms with van der Waals surface area (Å²) in [6, 6.07) is 0. The normalized spacial score (nSPS) is 12.3. The minimum atomic E-state index is -1.02. The SMILES string of the molecule is CCC(=O)OCCCCCCC/C=C/C(=O)OCC(O)CO. The topological polar surface area (TPSA) is 93.1 Å². The van der Waals surface area contributed by atoms with Crippen LogP contribution in [0.2, 0.25) is 0 Å². The highest BCUT2D eigenvalue weighted by molar-refractivity contribution is 5.81. The molecule has 0 aliphatic rings. The number of aliphatic hydroxyl groups is 2. The Kier molecular flexibility index (Phi) is 13.6. The van der Waals surface area contributed by atoms with Gasteiger partial charge < -0.3 is 19.7 Å². The molecular weight excluding hydrogens is 288 g/mol. The maximum atomic E-state index is 11.2. The molecule has 2 N–H and O–H groups in total. The van der Waals surface area contributed by atoms with Crippen LogP contribution < -0.4 is 0 Å². The molecule has 0 rings (SSSR count). The van der Waals surface area contributed by atoms with Gasteiger partial charge in [0.2, 0.25) is 0 Å². The molecule has 0 aromatic rings. The van der Waals surface area contributed by atoms with Crippen LogP contribution in [0, 0.1) is 0 Å². The highest BCUT2D eigenvalue weighted by Crippen LogP contribution is 2.06. The maximum absolute atomic E-state index is 11.2. The Balaban J connectivity index is 3.36. The van der Waals surface area contributed by atoms with Crippen molar-refractivity contribution in [3.05, 3.63) is 12.2 Å². The molecule has 6 nitrogen and oxygen atoms in total. The summed E-state index contributed by atoms with van der Waals surface area (Å²) >= 11 is 0. The lowest BCUT2D eigenvalue weighted by Crippen LogP contribution is -2.21. The van der Waals surface area contributed by atoms with Crippen LogP contribution in [0.4, 0.5) is 0 Å². The van der Waals surface area contributed by atoms with E-state index in [4.69, 9.17) is 19.7 Å². The van der Waals surface area contributed by atoms with Crippen LogP contribution in [-0.2, 0) is 19.1 Å². The molecule has 0 aromatic carbocycles. The molecule has 0 fully saturated rings. The van der Waals surface area contributed by atoms with Gasteiger partial charge >= 0.3 is 11.9 Å². The van der Waals surface area contributed by atoms with Crippen LogP contribution >= 0.6 is 0 Å². The predicted molar refractivity (Wildman–Crippen MR) is 82.1 cm³/mol. The van der Waals surface area contributed by atoms with Gasteiger partial charge in [-0.3, -0.25) is 4.79 Å². The number of esters is 2. The first-order valence-corrected chi connectivity index (χ1v) is 7.88. The molecule has 0 spiro atoms. The van der Waals surface area contributed by atoms with Crippen molar-refractivity contribution >= 4 is 11.9 Å². The minimum absolute atomic E-state index is 0.150. The van der Waals surface area contributed by atoms with Crippen LogP contribution in [0.15, 0.2) is 12.2 Å². The molecule has 0 saturated heterocycles. The van der Waals surface area contributed by atoms with E-state index in [1.54, 1.807) is 13.0 Å². The van der Waals surface area contributed by atoms with Crippen molar-refractivity contribution in [2.45, 2.75) is 58.0 Å². The fourth-order valence-corrected chi connectivity index (χ4v) is 1.64. The fourth-order valence-electron chi connectivity index (χ4n) is 1.64. The van der Waals surface area contributed by atoms with Crippen LogP contribution in [-0.4, -0.2) is 48.1 Å². The Morgan fingerprint density at radius 1 is 1.09 bits per heavy atom. The highest BCUT2D eigenvalue weighted by Gasteiger charge is 2.04. The average molecular weight is 316 g/mol. The van der Waals surface area contributed by atoms with E-state index in [0.717, 1.165) is 38.5 Å². The number of hydrogen-bond acceptors (Lipinski definition) is 6. The van der Waals surface area contributed by atoms with E-state index in [0.29, 0.717) is 13.0 Å². The van der Waals surface area contributed by atoms with Crippen molar-refractivity contribution in [2.24, 2.45) is 0 Å². The molecule has 0 aliphatic heterocycles. The van der Waals surface area contributed by atoms with E-state index in [1.165, 1.54) is 6.08 Å². The lowest BCUT2D eigenvalue weighted by atomic mass is 10.1. The molecule has 0 aromatic heterocycles. The van der Waals surface area contributed by atoms with Gasteiger partial charge in [0.05, 0.1) is 13.2 Å². The van der Waals surface area contributed by atoms with E-state index in [-0.39, 0.29) is 12.6 Å². The Hall–Kier alpha value is -1.40. The van der Waals surface area contributed by atoms with Gasteiger partial charge in [-0.25, -0.2) is 4.79 Å². The molecule has 1 unspecified atom stereocenters. The van der Waals surface area contributed by atoms with E-state index >= 15 is 0 Å². The molecule has 0 aliphatic carbocycles. The largest absolute Gasteiger partial charge is 0.466 e. The zero-order valence-corrected chi connectivity index (χ0v) is 13.3. The molecule has 0 bridgehead atoms. The van der Waals surface area contributed by atoms with Gasteiger partial charge in [0.15, 0.2) is 0 Å². The number of carbonyl (C=O) groups excluding carboxylic acids is 2. The van der Waals surface area contributed by atoms with Crippen molar-refractivity contribution in [2.75, 3.05) is 19.8 Å². The van der Waals surface area contributed by atoms with Gasteiger partial charge in [0.1, 0.15) is 12.7 Å². The lowest BCUT2D eigenvalue weighted by molar-refractivity contribution is -0.143. The van der Waals surface area contributed by atoms with Crippen LogP contribution in [0.5, 0.6) is 0 Å².